The van der Waals surface area contributed by atoms with Crippen molar-refractivity contribution in [3.05, 3.63) is 17.1 Å². The van der Waals surface area contributed by atoms with Gasteiger partial charge < -0.3 is 5.73 Å². The van der Waals surface area contributed by atoms with Gasteiger partial charge in [-0.3, -0.25) is 0 Å². The van der Waals surface area contributed by atoms with E-state index in [0.29, 0.717) is 11.1 Å². The summed E-state index contributed by atoms with van der Waals surface area (Å²) in [6, 6.07) is 0. The van der Waals surface area contributed by atoms with E-state index in [1.165, 1.54) is 0 Å². The Morgan fingerprint density at radius 2 is 2.00 bits per heavy atom. The van der Waals surface area contributed by atoms with Gasteiger partial charge in [0.05, 0.1) is 0 Å². The molecule has 0 aliphatic carbocycles. The zero-order valence-corrected chi connectivity index (χ0v) is 8.14. The van der Waals surface area contributed by atoms with Crippen molar-refractivity contribution in [1.82, 2.24) is 9.97 Å². The molecular weight excluding hydrogens is 206 g/mol. The van der Waals surface area contributed by atoms with Gasteiger partial charge in [-0.1, -0.05) is 15.9 Å². The van der Waals surface area contributed by atoms with Gasteiger partial charge in [0, 0.05) is 16.6 Å². The molecule has 1 aromatic heterocycles. The van der Waals surface area contributed by atoms with E-state index in [0.717, 1.165) is 17.1 Å². The van der Waals surface area contributed by atoms with Crippen LogP contribution in [0.3, 0.4) is 0 Å². The standard InChI is InChI=1S/C7H10BrN3/c1-4-6(3-8)7(9)11-5(2)10-4/h3H2,1-2H3,(H2,9,10,11). The van der Waals surface area contributed by atoms with Crippen molar-refractivity contribution in [1.29, 1.82) is 0 Å². The maximum Gasteiger partial charge on any atom is 0.131 e. The van der Waals surface area contributed by atoms with Crippen LogP contribution >= 0.6 is 15.9 Å². The van der Waals surface area contributed by atoms with Gasteiger partial charge in [-0.05, 0) is 13.8 Å². The molecular formula is C7H10BrN3. The normalized spacial score (nSPS) is 10.1. The quantitative estimate of drug-likeness (QED) is 0.725. The molecule has 0 atom stereocenters. The lowest BCUT2D eigenvalue weighted by atomic mass is 10.2. The van der Waals surface area contributed by atoms with Crippen LogP contribution in [0.4, 0.5) is 5.82 Å². The summed E-state index contributed by atoms with van der Waals surface area (Å²) in [4.78, 5) is 8.23. The van der Waals surface area contributed by atoms with Crippen LogP contribution in [0.15, 0.2) is 0 Å². The molecule has 3 nitrogen and oxygen atoms in total. The lowest BCUT2D eigenvalue weighted by Crippen LogP contribution is -2.03. The maximum absolute atomic E-state index is 5.65. The van der Waals surface area contributed by atoms with Gasteiger partial charge in [0.1, 0.15) is 11.6 Å². The minimum atomic E-state index is 0.576. The van der Waals surface area contributed by atoms with Crippen LogP contribution in [-0.2, 0) is 5.33 Å². The van der Waals surface area contributed by atoms with Gasteiger partial charge in [0.2, 0.25) is 0 Å². The van der Waals surface area contributed by atoms with E-state index in [1.54, 1.807) is 0 Å². The fourth-order valence-corrected chi connectivity index (χ4v) is 1.62. The fraction of sp³-hybridized carbons (Fsp3) is 0.429. The molecule has 0 fully saturated rings. The first-order valence-electron chi connectivity index (χ1n) is 3.30. The number of rotatable bonds is 1. The van der Waals surface area contributed by atoms with E-state index in [-0.39, 0.29) is 0 Å². The summed E-state index contributed by atoms with van der Waals surface area (Å²) in [6.07, 6.45) is 0. The number of hydrogen-bond donors (Lipinski definition) is 1. The molecule has 0 unspecified atom stereocenters. The number of aromatic nitrogens is 2. The first kappa shape index (κ1) is 8.46. The Kier molecular flexibility index (Phi) is 2.44. The molecule has 4 heteroatoms. The molecule has 1 heterocycles. The third kappa shape index (κ3) is 1.68. The van der Waals surface area contributed by atoms with Crippen LogP contribution in [-0.4, -0.2) is 9.97 Å². The first-order chi connectivity index (χ1) is 5.15. The second-order valence-electron chi connectivity index (χ2n) is 2.35. The molecule has 0 aromatic carbocycles. The molecule has 0 radical (unpaired) electrons. The first-order valence-corrected chi connectivity index (χ1v) is 4.43. The van der Waals surface area contributed by atoms with Crippen molar-refractivity contribution in [2.45, 2.75) is 19.2 Å². The second kappa shape index (κ2) is 3.17. The van der Waals surface area contributed by atoms with Gasteiger partial charge in [0.15, 0.2) is 0 Å². The number of aryl methyl sites for hydroxylation is 2. The minimum absolute atomic E-state index is 0.576. The van der Waals surface area contributed by atoms with Crippen LogP contribution in [0.5, 0.6) is 0 Å². The van der Waals surface area contributed by atoms with E-state index in [2.05, 4.69) is 25.9 Å². The molecule has 0 spiro atoms. The highest BCUT2D eigenvalue weighted by Crippen LogP contribution is 2.15. The highest BCUT2D eigenvalue weighted by Gasteiger charge is 2.04. The Morgan fingerprint density at radius 1 is 1.36 bits per heavy atom. The van der Waals surface area contributed by atoms with Crippen LogP contribution in [0.2, 0.25) is 0 Å². The predicted molar refractivity (Wildman–Crippen MR) is 48.5 cm³/mol. The highest BCUT2D eigenvalue weighted by atomic mass is 79.9. The Morgan fingerprint density at radius 3 is 2.45 bits per heavy atom. The van der Waals surface area contributed by atoms with E-state index in [1.807, 2.05) is 13.8 Å². The van der Waals surface area contributed by atoms with Gasteiger partial charge in [-0.15, -0.1) is 0 Å². The van der Waals surface area contributed by atoms with Gasteiger partial charge in [-0.25, -0.2) is 9.97 Å². The zero-order valence-electron chi connectivity index (χ0n) is 6.56. The van der Waals surface area contributed by atoms with Crippen LogP contribution in [0.25, 0.3) is 0 Å². The van der Waals surface area contributed by atoms with Crippen LogP contribution < -0.4 is 5.73 Å². The summed E-state index contributed by atoms with van der Waals surface area (Å²) in [5, 5.41) is 0.713. The molecule has 1 rings (SSSR count). The number of halogens is 1. The number of hydrogen-bond acceptors (Lipinski definition) is 3. The summed E-state index contributed by atoms with van der Waals surface area (Å²) in [6.45, 7) is 3.77. The number of nitrogen functional groups attached to an aromatic ring is 1. The molecule has 0 saturated carbocycles. The highest BCUT2D eigenvalue weighted by molar-refractivity contribution is 9.08. The largest absolute Gasteiger partial charge is 0.383 e. The molecule has 0 saturated heterocycles. The predicted octanol–water partition coefficient (Wildman–Crippen LogP) is 1.57. The van der Waals surface area contributed by atoms with Crippen molar-refractivity contribution in [3.63, 3.8) is 0 Å². The lowest BCUT2D eigenvalue weighted by molar-refractivity contribution is 0.992. The van der Waals surface area contributed by atoms with Crippen molar-refractivity contribution < 1.29 is 0 Å². The molecule has 11 heavy (non-hydrogen) atoms. The van der Waals surface area contributed by atoms with Crippen LogP contribution in [0, 0.1) is 13.8 Å². The Hall–Kier alpha value is -0.640. The van der Waals surface area contributed by atoms with Gasteiger partial charge in [0.25, 0.3) is 0 Å². The fourth-order valence-electron chi connectivity index (χ4n) is 0.927. The Labute approximate surface area is 74.2 Å². The second-order valence-corrected chi connectivity index (χ2v) is 2.91. The summed E-state index contributed by atoms with van der Waals surface area (Å²) in [5.41, 5.74) is 7.58. The number of alkyl halides is 1. The third-order valence-electron chi connectivity index (χ3n) is 1.49. The molecule has 60 valence electrons. The van der Waals surface area contributed by atoms with Crippen LogP contribution in [0.1, 0.15) is 17.1 Å². The van der Waals surface area contributed by atoms with Crippen molar-refractivity contribution in [3.8, 4) is 0 Å². The summed E-state index contributed by atoms with van der Waals surface area (Å²) < 4.78 is 0. The van der Waals surface area contributed by atoms with E-state index < -0.39 is 0 Å². The molecule has 2 N–H and O–H groups in total. The monoisotopic (exact) mass is 215 g/mol. The number of nitrogens with two attached hydrogens (primary N) is 1. The smallest absolute Gasteiger partial charge is 0.131 e. The van der Waals surface area contributed by atoms with Crippen molar-refractivity contribution in [2.24, 2.45) is 0 Å². The van der Waals surface area contributed by atoms with E-state index in [9.17, 15) is 0 Å². The third-order valence-corrected chi connectivity index (χ3v) is 2.05. The van der Waals surface area contributed by atoms with E-state index in [4.69, 9.17) is 5.73 Å². The Balaban J connectivity index is 3.25. The van der Waals surface area contributed by atoms with Gasteiger partial charge in [-0.2, -0.15) is 0 Å². The summed E-state index contributed by atoms with van der Waals surface area (Å²) >= 11 is 3.32. The lowest BCUT2D eigenvalue weighted by Gasteiger charge is -2.04. The summed E-state index contributed by atoms with van der Waals surface area (Å²) in [7, 11) is 0. The number of anilines is 1. The van der Waals surface area contributed by atoms with Crippen molar-refractivity contribution >= 4 is 21.7 Å². The number of nitrogens with zero attached hydrogens (tertiary/aromatic N) is 2. The zero-order chi connectivity index (χ0) is 8.43. The maximum atomic E-state index is 5.65. The van der Waals surface area contributed by atoms with Gasteiger partial charge >= 0.3 is 0 Å². The molecule has 0 bridgehead atoms. The molecule has 1 aromatic rings. The average Bonchev–Trinajstić information content (AvgIpc) is 1.85. The minimum Gasteiger partial charge on any atom is -0.383 e. The van der Waals surface area contributed by atoms with E-state index >= 15 is 0 Å². The average molecular weight is 216 g/mol. The van der Waals surface area contributed by atoms with Crippen molar-refractivity contribution in [2.75, 3.05) is 5.73 Å². The molecule has 0 aliphatic heterocycles. The summed E-state index contributed by atoms with van der Waals surface area (Å²) in [5.74, 6) is 1.30. The molecule has 0 aliphatic rings. The topological polar surface area (TPSA) is 51.8 Å². The SMILES string of the molecule is Cc1nc(C)c(CBr)c(N)n1. The molecule has 0 amide bonds. The Bertz CT molecular complexity index is 249.